The van der Waals surface area contributed by atoms with Crippen molar-refractivity contribution in [2.45, 2.75) is 39.0 Å². The van der Waals surface area contributed by atoms with E-state index in [0.29, 0.717) is 0 Å². The average Bonchev–Trinajstić information content (AvgIpc) is 2.36. The minimum atomic E-state index is 1.24. The molecule has 0 fully saturated rings. The first-order chi connectivity index (χ1) is 7.85. The number of hydrogen-bond acceptors (Lipinski definition) is 2. The molecule has 1 rings (SSSR count). The Morgan fingerprint density at radius 3 is 2.06 bits per heavy atom. The Hall–Kier alpha value is -1.80. The third-order valence-electron chi connectivity index (χ3n) is 2.21. The smallest absolute Gasteiger partial charge is 0.181 e. The largest absolute Gasteiger partial charge is 0.181 e. The van der Waals surface area contributed by atoms with Gasteiger partial charge in [-0.25, -0.2) is 0 Å². The van der Waals surface area contributed by atoms with E-state index in [9.17, 15) is 0 Å². The van der Waals surface area contributed by atoms with Crippen LogP contribution in [0.1, 0.15) is 38.2 Å². The van der Waals surface area contributed by atoms with Gasteiger partial charge in [0.15, 0.2) is 12.1 Å². The lowest BCUT2D eigenvalue weighted by Gasteiger charge is -1.99. The van der Waals surface area contributed by atoms with Crippen molar-refractivity contribution in [3.63, 3.8) is 0 Å². The number of aryl methyl sites for hydroxylation is 1. The van der Waals surface area contributed by atoms with Crippen molar-refractivity contribution in [3.05, 3.63) is 35.9 Å². The highest BCUT2D eigenvalue weighted by Gasteiger charge is 1.90. The lowest BCUT2D eigenvalue weighted by atomic mass is 10.1. The predicted molar refractivity (Wildman–Crippen MR) is 65.5 cm³/mol. The summed E-state index contributed by atoms with van der Waals surface area (Å²) in [6.07, 6.45) is 6.69. The number of unbranched alkanes of at least 4 members (excludes halogenated alkanes) is 3. The number of hydrogen-bond donors (Lipinski definition) is 0. The third-order valence-corrected chi connectivity index (χ3v) is 2.21. The molecule has 1 aromatic rings. The van der Waals surface area contributed by atoms with E-state index >= 15 is 0 Å². The maximum atomic E-state index is 7.26. The molecule has 0 amide bonds. The molecule has 2 heteroatoms. The van der Waals surface area contributed by atoms with E-state index in [1.807, 2.05) is 0 Å². The molecule has 84 valence electrons. The zero-order valence-electron chi connectivity index (χ0n) is 9.82. The molecule has 2 nitrogen and oxygen atoms in total. The molecule has 0 aliphatic rings. The van der Waals surface area contributed by atoms with Gasteiger partial charge in [0.25, 0.3) is 0 Å². The second kappa shape index (κ2) is 11.3. The molecule has 0 aliphatic heterocycles. The van der Waals surface area contributed by atoms with Crippen LogP contribution in [0.3, 0.4) is 0 Å². The Bertz CT molecular complexity index is 318. The Kier molecular flexibility index (Phi) is 10.0. The van der Waals surface area contributed by atoms with E-state index in [1.54, 1.807) is 0 Å². The van der Waals surface area contributed by atoms with Gasteiger partial charge >= 0.3 is 0 Å². The van der Waals surface area contributed by atoms with Crippen molar-refractivity contribution in [2.75, 3.05) is 0 Å². The van der Waals surface area contributed by atoms with Crippen molar-refractivity contribution >= 4 is 0 Å². The van der Waals surface area contributed by atoms with Gasteiger partial charge in [-0.3, -0.25) is 0 Å². The molecule has 0 unspecified atom stereocenters. The Morgan fingerprint density at radius 1 is 0.938 bits per heavy atom. The fourth-order valence-electron chi connectivity index (χ4n) is 1.40. The number of benzene rings is 1. The predicted octanol–water partition coefficient (Wildman–Crippen LogP) is 3.84. The average molecular weight is 214 g/mol. The molecule has 0 aromatic heterocycles. The van der Waals surface area contributed by atoms with Gasteiger partial charge in [-0.2, -0.15) is 10.5 Å². The van der Waals surface area contributed by atoms with Gasteiger partial charge in [0.1, 0.15) is 0 Å². The molecule has 0 aliphatic carbocycles. The van der Waals surface area contributed by atoms with Gasteiger partial charge in [0.05, 0.1) is 0 Å². The van der Waals surface area contributed by atoms with Gasteiger partial charge in [-0.1, -0.05) is 56.5 Å². The fraction of sp³-hybridized carbons (Fsp3) is 0.429. The summed E-state index contributed by atoms with van der Waals surface area (Å²) in [5.41, 5.74) is 1.48. The summed E-state index contributed by atoms with van der Waals surface area (Å²) in [7, 11) is 0. The summed E-state index contributed by atoms with van der Waals surface area (Å²) in [4.78, 5) is 0. The molecule has 0 bridgehead atoms. The quantitative estimate of drug-likeness (QED) is 0.699. The molecular formula is C14H18N2. The number of nitrogens with zero attached hydrogens (tertiary/aromatic N) is 2. The Balaban J connectivity index is 0.000000487. The van der Waals surface area contributed by atoms with E-state index in [2.05, 4.69) is 37.3 Å². The summed E-state index contributed by atoms with van der Waals surface area (Å²) in [5, 5.41) is 14.5. The van der Waals surface area contributed by atoms with Crippen molar-refractivity contribution in [1.29, 1.82) is 10.5 Å². The molecule has 0 atom stereocenters. The monoisotopic (exact) mass is 214 g/mol. The molecule has 0 saturated carbocycles. The molecular weight excluding hydrogens is 196 g/mol. The van der Waals surface area contributed by atoms with Crippen molar-refractivity contribution in [3.8, 4) is 12.1 Å². The highest BCUT2D eigenvalue weighted by molar-refractivity contribution is 5.14. The van der Waals surface area contributed by atoms with Gasteiger partial charge in [0.2, 0.25) is 0 Å². The zero-order chi connectivity index (χ0) is 12.1. The van der Waals surface area contributed by atoms with E-state index in [0.717, 1.165) is 0 Å². The minimum Gasteiger partial charge on any atom is -0.181 e. The van der Waals surface area contributed by atoms with Crippen LogP contribution in [-0.2, 0) is 6.42 Å². The standard InChI is InChI=1S/C12H18.C2N2/c1-2-3-4-6-9-12-10-7-5-8-11-12;3-1-2-4/h5,7-8,10-11H,2-4,6,9H2,1H3;. The van der Waals surface area contributed by atoms with Gasteiger partial charge in [-0.15, -0.1) is 0 Å². The minimum absolute atomic E-state index is 1.24. The van der Waals surface area contributed by atoms with Crippen LogP contribution in [0, 0.1) is 22.7 Å². The summed E-state index contributed by atoms with van der Waals surface area (Å²) in [6.45, 7) is 2.25. The van der Waals surface area contributed by atoms with Crippen molar-refractivity contribution < 1.29 is 0 Å². The van der Waals surface area contributed by atoms with Gasteiger partial charge in [0, 0.05) is 0 Å². The van der Waals surface area contributed by atoms with Crippen LogP contribution in [0.25, 0.3) is 0 Å². The normalized spacial score (nSPS) is 8.19. The first-order valence-corrected chi connectivity index (χ1v) is 5.67. The maximum absolute atomic E-state index is 7.26. The summed E-state index contributed by atoms with van der Waals surface area (Å²) < 4.78 is 0. The number of rotatable bonds is 5. The SMILES string of the molecule is CCCCCCc1ccccc1.N#CC#N. The summed E-state index contributed by atoms with van der Waals surface area (Å²) >= 11 is 0. The summed E-state index contributed by atoms with van der Waals surface area (Å²) in [6, 6.07) is 13.2. The second-order valence-electron chi connectivity index (χ2n) is 3.52. The highest BCUT2D eigenvalue weighted by atomic mass is 14.3. The highest BCUT2D eigenvalue weighted by Crippen LogP contribution is 2.06. The first-order valence-electron chi connectivity index (χ1n) is 5.67. The van der Waals surface area contributed by atoms with E-state index < -0.39 is 0 Å². The van der Waals surface area contributed by atoms with Gasteiger partial charge < -0.3 is 0 Å². The van der Waals surface area contributed by atoms with Crippen LogP contribution in [0.2, 0.25) is 0 Å². The van der Waals surface area contributed by atoms with Crippen LogP contribution < -0.4 is 0 Å². The topological polar surface area (TPSA) is 47.6 Å². The molecule has 1 aromatic carbocycles. The Morgan fingerprint density at radius 2 is 1.56 bits per heavy atom. The van der Waals surface area contributed by atoms with E-state index in [1.165, 1.54) is 49.8 Å². The molecule has 0 spiro atoms. The maximum Gasteiger partial charge on any atom is 0.181 e. The van der Waals surface area contributed by atoms with Crippen molar-refractivity contribution in [1.82, 2.24) is 0 Å². The third kappa shape index (κ3) is 8.78. The molecule has 16 heavy (non-hydrogen) atoms. The lowest BCUT2D eigenvalue weighted by Crippen LogP contribution is -1.84. The lowest BCUT2D eigenvalue weighted by molar-refractivity contribution is 0.667. The second-order valence-corrected chi connectivity index (χ2v) is 3.52. The zero-order valence-corrected chi connectivity index (χ0v) is 9.82. The van der Waals surface area contributed by atoms with E-state index in [-0.39, 0.29) is 0 Å². The molecule has 0 saturated heterocycles. The molecule has 0 heterocycles. The van der Waals surface area contributed by atoms with Crippen LogP contribution in [0.4, 0.5) is 0 Å². The first kappa shape index (κ1) is 14.2. The van der Waals surface area contributed by atoms with E-state index in [4.69, 9.17) is 10.5 Å². The Labute approximate surface area is 98.1 Å². The molecule has 0 radical (unpaired) electrons. The van der Waals surface area contributed by atoms with Crippen LogP contribution in [0.15, 0.2) is 30.3 Å². The van der Waals surface area contributed by atoms with Crippen LogP contribution >= 0.6 is 0 Å². The molecule has 0 N–H and O–H groups in total. The van der Waals surface area contributed by atoms with Crippen LogP contribution in [-0.4, -0.2) is 0 Å². The fourth-order valence-corrected chi connectivity index (χ4v) is 1.40. The number of nitriles is 2. The summed E-state index contributed by atoms with van der Waals surface area (Å²) in [5.74, 6) is 0. The van der Waals surface area contributed by atoms with Crippen LogP contribution in [0.5, 0.6) is 0 Å². The van der Waals surface area contributed by atoms with Crippen molar-refractivity contribution in [2.24, 2.45) is 0 Å². The van der Waals surface area contributed by atoms with Gasteiger partial charge in [-0.05, 0) is 18.4 Å².